The molecule has 3 fully saturated rings. The molecule has 2 aliphatic heterocycles. The molecule has 0 atom stereocenters. The zero-order valence-corrected chi connectivity index (χ0v) is 13.8. The molecule has 124 valence electrons. The molecule has 22 heavy (non-hydrogen) atoms. The fraction of sp³-hybridized carbons (Fsp3) is 0.875. The molecule has 1 N–H and O–H groups in total. The third kappa shape index (κ3) is 3.72. The van der Waals surface area contributed by atoms with Gasteiger partial charge in [0.15, 0.2) is 5.96 Å². The predicted octanol–water partition coefficient (Wildman–Crippen LogP) is 0.354. The highest BCUT2D eigenvalue weighted by Crippen LogP contribution is 2.18. The van der Waals surface area contributed by atoms with E-state index in [-0.39, 0.29) is 0 Å². The van der Waals surface area contributed by atoms with Gasteiger partial charge in [-0.15, -0.1) is 0 Å². The maximum Gasteiger partial charge on any atom is 0.236 e. The summed E-state index contributed by atoms with van der Waals surface area (Å²) in [5.74, 6) is 1.35. The summed E-state index contributed by atoms with van der Waals surface area (Å²) in [7, 11) is 1.87. The van der Waals surface area contributed by atoms with Crippen LogP contribution in [0.4, 0.5) is 0 Å². The Balaban J connectivity index is 1.42. The van der Waals surface area contributed by atoms with Gasteiger partial charge in [-0.1, -0.05) is 0 Å². The molecule has 6 heteroatoms. The largest absolute Gasteiger partial charge is 0.354 e. The van der Waals surface area contributed by atoms with Crippen LogP contribution in [0.3, 0.4) is 0 Å². The Labute approximate surface area is 133 Å². The van der Waals surface area contributed by atoms with Crippen LogP contribution in [0, 0.1) is 0 Å². The van der Waals surface area contributed by atoms with E-state index in [1.165, 1.54) is 32.1 Å². The normalized spacial score (nSPS) is 24.5. The monoisotopic (exact) mass is 307 g/mol. The van der Waals surface area contributed by atoms with Crippen LogP contribution >= 0.6 is 0 Å². The lowest BCUT2D eigenvalue weighted by Gasteiger charge is -2.38. The summed E-state index contributed by atoms with van der Waals surface area (Å²) in [6.07, 6.45) is 6.21. The molecule has 2 saturated heterocycles. The van der Waals surface area contributed by atoms with Crippen molar-refractivity contribution in [2.75, 3.05) is 52.9 Å². The van der Waals surface area contributed by atoms with Crippen LogP contribution in [0.5, 0.6) is 0 Å². The third-order valence-corrected chi connectivity index (χ3v) is 5.14. The molecule has 0 aromatic heterocycles. The number of likely N-dealkylation sites (tertiary alicyclic amines) is 1. The van der Waals surface area contributed by atoms with E-state index in [9.17, 15) is 4.79 Å². The highest BCUT2D eigenvalue weighted by Gasteiger charge is 2.26. The van der Waals surface area contributed by atoms with E-state index >= 15 is 0 Å². The molecule has 0 radical (unpaired) electrons. The minimum atomic E-state index is 0.308. The number of piperazine rings is 1. The maximum atomic E-state index is 12.2. The first-order valence-corrected chi connectivity index (χ1v) is 8.74. The van der Waals surface area contributed by atoms with Gasteiger partial charge in [-0.25, -0.2) is 0 Å². The molecule has 0 spiro atoms. The first kappa shape index (κ1) is 15.6. The molecule has 6 nitrogen and oxygen atoms in total. The smallest absolute Gasteiger partial charge is 0.236 e. The first-order chi connectivity index (χ1) is 10.8. The Morgan fingerprint density at radius 3 is 2.23 bits per heavy atom. The third-order valence-electron chi connectivity index (χ3n) is 5.14. The average molecular weight is 307 g/mol. The molecule has 0 aromatic rings. The lowest BCUT2D eigenvalue weighted by Crippen LogP contribution is -2.56. The lowest BCUT2D eigenvalue weighted by atomic mass is 9.93. The number of guanidine groups is 1. The number of hydrogen-bond acceptors (Lipinski definition) is 3. The number of nitrogens with zero attached hydrogens (tertiary/aromatic N) is 4. The van der Waals surface area contributed by atoms with E-state index in [1.54, 1.807) is 0 Å². The Bertz CT molecular complexity index is 407. The SMILES string of the molecule is CN=C(NC1CCC1)N1CCN(CC(=O)N2CCCC2)CC1. The van der Waals surface area contributed by atoms with Gasteiger partial charge in [0.25, 0.3) is 0 Å². The van der Waals surface area contributed by atoms with Gasteiger partial charge in [0.05, 0.1) is 6.54 Å². The van der Waals surface area contributed by atoms with Crippen LogP contribution in [0.25, 0.3) is 0 Å². The molecule has 2 heterocycles. The predicted molar refractivity (Wildman–Crippen MR) is 88.0 cm³/mol. The van der Waals surface area contributed by atoms with Crippen molar-refractivity contribution in [1.29, 1.82) is 0 Å². The van der Waals surface area contributed by atoms with Crippen LogP contribution in [0.1, 0.15) is 32.1 Å². The Kier molecular flexibility index (Phi) is 5.18. The van der Waals surface area contributed by atoms with E-state index < -0.39 is 0 Å². The molecular formula is C16H29N5O. The number of aliphatic imine (C=N–C) groups is 1. The van der Waals surface area contributed by atoms with Crippen molar-refractivity contribution < 1.29 is 4.79 Å². The minimum absolute atomic E-state index is 0.308. The van der Waals surface area contributed by atoms with Crippen molar-refractivity contribution in [3.63, 3.8) is 0 Å². The van der Waals surface area contributed by atoms with Crippen molar-refractivity contribution in [2.24, 2.45) is 4.99 Å². The Hall–Kier alpha value is -1.30. The number of amides is 1. The van der Waals surface area contributed by atoms with Crippen LogP contribution in [0.2, 0.25) is 0 Å². The van der Waals surface area contributed by atoms with Gasteiger partial charge >= 0.3 is 0 Å². The summed E-state index contributed by atoms with van der Waals surface area (Å²) in [5.41, 5.74) is 0. The Morgan fingerprint density at radius 1 is 1.00 bits per heavy atom. The first-order valence-electron chi connectivity index (χ1n) is 8.74. The van der Waals surface area contributed by atoms with Crippen LogP contribution in [-0.4, -0.2) is 85.5 Å². The second-order valence-electron chi connectivity index (χ2n) is 6.67. The lowest BCUT2D eigenvalue weighted by molar-refractivity contribution is -0.131. The standard InChI is InChI=1S/C16H29N5O/c1-17-16(18-14-5-4-6-14)21-11-9-19(10-12-21)13-15(22)20-7-2-3-8-20/h14H,2-13H2,1H3,(H,17,18). The number of carbonyl (C=O) groups excluding carboxylic acids is 1. The maximum absolute atomic E-state index is 12.2. The van der Waals surface area contributed by atoms with Gasteiger partial charge in [0, 0.05) is 52.4 Å². The zero-order valence-electron chi connectivity index (χ0n) is 13.8. The van der Waals surface area contributed by atoms with Gasteiger partial charge in [0.2, 0.25) is 5.91 Å². The van der Waals surface area contributed by atoms with Gasteiger partial charge in [-0.3, -0.25) is 14.7 Å². The van der Waals surface area contributed by atoms with Crippen molar-refractivity contribution in [2.45, 2.75) is 38.1 Å². The van der Waals surface area contributed by atoms with E-state index in [1.807, 2.05) is 11.9 Å². The highest BCUT2D eigenvalue weighted by molar-refractivity contribution is 5.80. The van der Waals surface area contributed by atoms with E-state index in [4.69, 9.17) is 0 Å². The molecule has 1 aliphatic carbocycles. The van der Waals surface area contributed by atoms with Crippen molar-refractivity contribution in [1.82, 2.24) is 20.0 Å². The minimum Gasteiger partial charge on any atom is -0.354 e. The summed E-state index contributed by atoms with van der Waals surface area (Å²) in [5, 5.41) is 3.56. The molecule has 0 aromatic carbocycles. The number of rotatable bonds is 3. The fourth-order valence-electron chi connectivity index (χ4n) is 3.41. The van der Waals surface area contributed by atoms with Gasteiger partial charge < -0.3 is 15.1 Å². The molecule has 1 saturated carbocycles. The van der Waals surface area contributed by atoms with E-state index in [0.717, 1.165) is 45.2 Å². The molecule has 1 amide bonds. The molecular weight excluding hydrogens is 278 g/mol. The van der Waals surface area contributed by atoms with Crippen molar-refractivity contribution >= 4 is 11.9 Å². The zero-order chi connectivity index (χ0) is 15.4. The summed E-state index contributed by atoms with van der Waals surface area (Å²) >= 11 is 0. The van der Waals surface area contributed by atoms with Crippen molar-refractivity contribution in [3.05, 3.63) is 0 Å². The quantitative estimate of drug-likeness (QED) is 0.604. The second-order valence-corrected chi connectivity index (χ2v) is 6.67. The summed E-state index contributed by atoms with van der Waals surface area (Å²) in [4.78, 5) is 23.3. The van der Waals surface area contributed by atoms with Crippen LogP contribution in [-0.2, 0) is 4.79 Å². The fourth-order valence-corrected chi connectivity index (χ4v) is 3.41. The number of nitrogens with one attached hydrogen (secondary N) is 1. The number of carbonyl (C=O) groups is 1. The van der Waals surface area contributed by atoms with Crippen molar-refractivity contribution in [3.8, 4) is 0 Å². The Morgan fingerprint density at radius 2 is 1.68 bits per heavy atom. The van der Waals surface area contributed by atoms with Crippen LogP contribution in [0.15, 0.2) is 4.99 Å². The molecule has 0 bridgehead atoms. The summed E-state index contributed by atoms with van der Waals surface area (Å²) in [6, 6.07) is 0.619. The summed E-state index contributed by atoms with van der Waals surface area (Å²) in [6.45, 7) is 6.31. The topological polar surface area (TPSA) is 51.2 Å². The van der Waals surface area contributed by atoms with E-state index in [2.05, 4.69) is 20.1 Å². The van der Waals surface area contributed by atoms with E-state index in [0.29, 0.717) is 18.5 Å². The number of hydrogen-bond donors (Lipinski definition) is 1. The van der Waals surface area contributed by atoms with Gasteiger partial charge in [0.1, 0.15) is 0 Å². The summed E-state index contributed by atoms with van der Waals surface area (Å²) < 4.78 is 0. The second kappa shape index (κ2) is 7.31. The average Bonchev–Trinajstić information content (AvgIpc) is 3.02. The molecule has 0 unspecified atom stereocenters. The molecule has 3 rings (SSSR count). The molecule has 3 aliphatic rings. The van der Waals surface area contributed by atoms with Gasteiger partial charge in [-0.05, 0) is 32.1 Å². The van der Waals surface area contributed by atoms with Crippen LogP contribution < -0.4 is 5.32 Å². The highest BCUT2D eigenvalue weighted by atomic mass is 16.2. The van der Waals surface area contributed by atoms with Gasteiger partial charge in [-0.2, -0.15) is 0 Å².